The molecule has 3 rings (SSSR count). The van der Waals surface area contributed by atoms with Crippen LogP contribution in [0.25, 0.3) is 22.6 Å². The average molecular weight is 363 g/mol. The smallest absolute Gasteiger partial charge is 0.406 e. The minimum absolute atomic E-state index is 0.328. The van der Waals surface area contributed by atoms with Gasteiger partial charge in [-0.25, -0.2) is 14.1 Å². The van der Waals surface area contributed by atoms with Gasteiger partial charge in [-0.1, -0.05) is 6.58 Å². The highest BCUT2D eigenvalue weighted by Crippen LogP contribution is 2.25. The first kappa shape index (κ1) is 17.7. The molecule has 0 N–H and O–H groups in total. The number of halogens is 4. The zero-order valence-corrected chi connectivity index (χ0v) is 13.6. The van der Waals surface area contributed by atoms with E-state index in [1.165, 1.54) is 41.3 Å². The Morgan fingerprint density at radius 3 is 2.42 bits per heavy atom. The number of hydrogen-bond donors (Lipinski definition) is 0. The molecule has 8 heteroatoms. The predicted molar refractivity (Wildman–Crippen MR) is 88.1 cm³/mol. The molecule has 2 aromatic carbocycles. The van der Waals surface area contributed by atoms with E-state index in [1.807, 2.05) is 0 Å². The Hall–Kier alpha value is -3.16. The number of hydrogen-bond acceptors (Lipinski definition) is 3. The number of allylic oxidation sites excluding steroid dienone is 1. The second-order valence-electron chi connectivity index (χ2n) is 5.53. The Labute approximate surface area is 146 Å². The third-order valence-corrected chi connectivity index (χ3v) is 3.51. The second-order valence-corrected chi connectivity index (χ2v) is 5.53. The van der Waals surface area contributed by atoms with Crippen LogP contribution in [0.3, 0.4) is 0 Å². The molecule has 4 nitrogen and oxygen atoms in total. The van der Waals surface area contributed by atoms with Crippen LogP contribution in [0, 0.1) is 5.82 Å². The largest absolute Gasteiger partial charge is 0.573 e. The average Bonchev–Trinajstić information content (AvgIpc) is 3.04. The summed E-state index contributed by atoms with van der Waals surface area (Å²) >= 11 is 0. The molecule has 1 heterocycles. The van der Waals surface area contributed by atoms with Gasteiger partial charge >= 0.3 is 6.36 Å². The summed E-state index contributed by atoms with van der Waals surface area (Å²) in [5.74, 6) is -0.365. The summed E-state index contributed by atoms with van der Waals surface area (Å²) < 4.78 is 55.6. The van der Waals surface area contributed by atoms with Crippen LogP contribution in [0.4, 0.5) is 17.6 Å². The summed E-state index contributed by atoms with van der Waals surface area (Å²) in [6, 6.07) is 9.65. The minimum Gasteiger partial charge on any atom is -0.406 e. The topological polar surface area (TPSA) is 39.9 Å². The van der Waals surface area contributed by atoms with Gasteiger partial charge in [-0.2, -0.15) is 0 Å². The number of ether oxygens (including phenoxy) is 1. The van der Waals surface area contributed by atoms with Crippen molar-refractivity contribution in [3.63, 3.8) is 0 Å². The van der Waals surface area contributed by atoms with Crippen LogP contribution in [-0.4, -0.2) is 21.1 Å². The first-order valence-electron chi connectivity index (χ1n) is 7.46. The fraction of sp³-hybridized carbons (Fsp3) is 0.111. The minimum atomic E-state index is -4.74. The second kappa shape index (κ2) is 6.62. The van der Waals surface area contributed by atoms with Gasteiger partial charge in [-0.3, -0.25) is 0 Å². The molecule has 0 amide bonds. The summed E-state index contributed by atoms with van der Waals surface area (Å²) in [5, 5.41) is 4.28. The maximum Gasteiger partial charge on any atom is 0.573 e. The van der Waals surface area contributed by atoms with Crippen molar-refractivity contribution in [1.82, 2.24) is 14.8 Å². The molecule has 134 valence electrons. The van der Waals surface area contributed by atoms with Gasteiger partial charge in [0.25, 0.3) is 0 Å². The zero-order valence-electron chi connectivity index (χ0n) is 13.6. The Kier molecular flexibility index (Phi) is 4.50. The predicted octanol–water partition coefficient (Wildman–Crippen LogP) is 5.01. The van der Waals surface area contributed by atoms with Gasteiger partial charge in [-0.05, 0) is 55.0 Å². The normalized spacial score (nSPS) is 11.4. The number of aromatic nitrogens is 3. The van der Waals surface area contributed by atoms with Crippen LogP contribution in [-0.2, 0) is 0 Å². The first-order chi connectivity index (χ1) is 12.2. The number of rotatable bonds is 4. The van der Waals surface area contributed by atoms with Crippen molar-refractivity contribution in [2.45, 2.75) is 13.3 Å². The Bertz CT molecular complexity index is 946. The molecule has 0 radical (unpaired) electrons. The molecule has 0 aliphatic carbocycles. The van der Waals surface area contributed by atoms with Gasteiger partial charge in [0.1, 0.15) is 17.9 Å². The van der Waals surface area contributed by atoms with Crippen molar-refractivity contribution in [2.24, 2.45) is 0 Å². The molecular weight excluding hydrogens is 350 g/mol. The van der Waals surface area contributed by atoms with E-state index in [0.29, 0.717) is 28.2 Å². The molecule has 0 atom stereocenters. The monoisotopic (exact) mass is 363 g/mol. The highest BCUT2D eigenvalue weighted by atomic mass is 19.4. The summed E-state index contributed by atoms with van der Waals surface area (Å²) in [6.45, 7) is 5.42. The fourth-order valence-electron chi connectivity index (χ4n) is 2.31. The number of benzene rings is 2. The van der Waals surface area contributed by atoms with Gasteiger partial charge in [-0.15, -0.1) is 18.3 Å². The standard InChI is InChI=1S/C18H13F4N3O/c1-11(2)15-9-12(3-8-16(15)19)17-23-10-25(24-17)13-4-6-14(7-5-13)26-18(20,21)22/h3-10H,1H2,2H3. The van der Waals surface area contributed by atoms with Crippen molar-refractivity contribution < 1.29 is 22.3 Å². The quantitative estimate of drug-likeness (QED) is 0.612. The maximum atomic E-state index is 13.8. The van der Waals surface area contributed by atoms with Gasteiger partial charge in [0, 0.05) is 11.1 Å². The van der Waals surface area contributed by atoms with Gasteiger partial charge in [0.05, 0.1) is 5.69 Å². The van der Waals surface area contributed by atoms with Crippen molar-refractivity contribution in [3.05, 3.63) is 66.8 Å². The Balaban J connectivity index is 1.86. The fourth-order valence-corrected chi connectivity index (χ4v) is 2.31. The van der Waals surface area contributed by atoms with E-state index in [1.54, 1.807) is 19.1 Å². The molecule has 1 aromatic heterocycles. The van der Waals surface area contributed by atoms with Gasteiger partial charge < -0.3 is 4.74 Å². The molecule has 0 saturated heterocycles. The van der Waals surface area contributed by atoms with E-state index in [4.69, 9.17) is 0 Å². The lowest BCUT2D eigenvalue weighted by Gasteiger charge is -2.09. The van der Waals surface area contributed by atoms with Crippen molar-refractivity contribution >= 4 is 5.57 Å². The highest BCUT2D eigenvalue weighted by molar-refractivity contribution is 5.68. The molecule has 0 saturated carbocycles. The summed E-state index contributed by atoms with van der Waals surface area (Å²) in [5.41, 5.74) is 2.04. The van der Waals surface area contributed by atoms with Crippen molar-refractivity contribution in [3.8, 4) is 22.8 Å². The third-order valence-electron chi connectivity index (χ3n) is 3.51. The van der Waals surface area contributed by atoms with Gasteiger partial charge in [0.2, 0.25) is 0 Å². The SMILES string of the molecule is C=C(C)c1cc(-c2ncn(-c3ccc(OC(F)(F)F)cc3)n2)ccc1F. The van der Waals surface area contributed by atoms with Crippen LogP contribution in [0.5, 0.6) is 5.75 Å². The maximum absolute atomic E-state index is 13.8. The summed E-state index contributed by atoms with van der Waals surface area (Å²) in [7, 11) is 0. The van der Waals surface area contributed by atoms with E-state index in [9.17, 15) is 17.6 Å². The summed E-state index contributed by atoms with van der Waals surface area (Å²) in [6.07, 6.45) is -3.33. The molecule has 26 heavy (non-hydrogen) atoms. The molecule has 0 aliphatic rings. The van der Waals surface area contributed by atoms with Crippen LogP contribution in [0.15, 0.2) is 55.4 Å². The summed E-state index contributed by atoms with van der Waals surface area (Å²) in [4.78, 5) is 4.16. The van der Waals surface area contributed by atoms with E-state index in [-0.39, 0.29) is 11.6 Å². The lowest BCUT2D eigenvalue weighted by Crippen LogP contribution is -2.17. The van der Waals surface area contributed by atoms with Crippen molar-refractivity contribution in [1.29, 1.82) is 0 Å². The van der Waals surface area contributed by atoms with E-state index in [2.05, 4.69) is 21.4 Å². The van der Waals surface area contributed by atoms with Crippen LogP contribution in [0.2, 0.25) is 0 Å². The van der Waals surface area contributed by atoms with Crippen LogP contribution < -0.4 is 4.74 Å². The van der Waals surface area contributed by atoms with E-state index >= 15 is 0 Å². The highest BCUT2D eigenvalue weighted by Gasteiger charge is 2.31. The van der Waals surface area contributed by atoms with Gasteiger partial charge in [0.15, 0.2) is 5.82 Å². The zero-order chi connectivity index (χ0) is 18.9. The van der Waals surface area contributed by atoms with E-state index < -0.39 is 6.36 Å². The lowest BCUT2D eigenvalue weighted by atomic mass is 10.0. The number of nitrogens with zero attached hydrogens (tertiary/aromatic N) is 3. The third kappa shape index (κ3) is 3.90. The molecule has 0 aliphatic heterocycles. The van der Waals surface area contributed by atoms with Crippen LogP contribution in [0.1, 0.15) is 12.5 Å². The number of alkyl halides is 3. The lowest BCUT2D eigenvalue weighted by molar-refractivity contribution is -0.274. The molecular formula is C18H13F4N3O. The van der Waals surface area contributed by atoms with Crippen LogP contribution >= 0.6 is 0 Å². The Morgan fingerprint density at radius 1 is 1.12 bits per heavy atom. The molecule has 0 fully saturated rings. The molecule has 0 bridgehead atoms. The van der Waals surface area contributed by atoms with E-state index in [0.717, 1.165) is 0 Å². The molecule has 0 spiro atoms. The first-order valence-corrected chi connectivity index (χ1v) is 7.46. The molecule has 3 aromatic rings. The molecule has 0 unspecified atom stereocenters. The Morgan fingerprint density at radius 2 is 1.81 bits per heavy atom. The van der Waals surface area contributed by atoms with Crippen molar-refractivity contribution in [2.75, 3.05) is 0 Å².